The molecule has 148 valence electrons. The van der Waals surface area contributed by atoms with Gasteiger partial charge < -0.3 is 9.54 Å². The number of nitrogens with one attached hydrogen (secondary N) is 1. The first-order valence-electron chi connectivity index (χ1n) is 7.61. The van der Waals surface area contributed by atoms with Gasteiger partial charge in [0.05, 0.1) is 21.3 Å². The van der Waals surface area contributed by atoms with Crippen molar-refractivity contribution in [2.75, 3.05) is 0 Å². The molecule has 1 N–H and O–H groups in total. The maximum absolute atomic E-state index is 13.5. The predicted octanol–water partition coefficient (Wildman–Crippen LogP) is 4.14. The zero-order chi connectivity index (χ0) is 20.9. The van der Waals surface area contributed by atoms with Crippen molar-refractivity contribution in [1.82, 2.24) is 4.98 Å². The van der Waals surface area contributed by atoms with Gasteiger partial charge in [0.25, 0.3) is 0 Å². The molecule has 0 bridgehead atoms. The number of pyridine rings is 1. The van der Waals surface area contributed by atoms with Crippen LogP contribution < -0.4 is 4.57 Å². The fourth-order valence-electron chi connectivity index (χ4n) is 2.87. The van der Waals surface area contributed by atoms with Crippen LogP contribution in [0.5, 0.6) is 0 Å². The third kappa shape index (κ3) is 3.50. The Balaban J connectivity index is 0.000000242. The van der Waals surface area contributed by atoms with Crippen LogP contribution in [-0.4, -0.2) is 23.5 Å². The Morgan fingerprint density at radius 1 is 1.11 bits per heavy atom. The average molecular weight is 435 g/mol. The Hall–Kier alpha value is -2.43. The van der Waals surface area contributed by atoms with E-state index in [1.165, 1.54) is 12.1 Å². The van der Waals surface area contributed by atoms with Crippen molar-refractivity contribution in [3.05, 3.63) is 53.3 Å². The number of para-hydroxylation sites is 1. The standard InChI is InChI=1S/C16H10ClFN2.CHF3O3S/c1-20-13-7-6-9(18)8-11(13)14(17)15-16(20)10-4-2-3-5-12(10)19-15;2-1(3,4)8(5,6)7/h2-8H,1H3;(H,5,6,7). The fourth-order valence-corrected chi connectivity index (χ4v) is 3.15. The van der Waals surface area contributed by atoms with E-state index in [0.717, 1.165) is 27.5 Å². The molecule has 0 spiro atoms. The SMILES string of the molecule is C[n+]1c2ccc(F)cc2c(Cl)c2[nH]c3ccccc3c21.O=S(=O)([O-])C(F)(F)F. The smallest absolute Gasteiger partial charge is 0.485 e. The first-order chi connectivity index (χ1) is 12.9. The molecule has 0 aliphatic carbocycles. The van der Waals surface area contributed by atoms with Crippen molar-refractivity contribution in [2.45, 2.75) is 5.51 Å². The van der Waals surface area contributed by atoms with E-state index in [1.54, 1.807) is 6.07 Å². The maximum atomic E-state index is 13.5. The summed E-state index contributed by atoms with van der Waals surface area (Å²) >= 11 is 6.48. The summed E-state index contributed by atoms with van der Waals surface area (Å²) in [5.74, 6) is -0.283. The Kier molecular flexibility index (Phi) is 4.98. The third-order valence-corrected chi connectivity index (χ3v) is 5.03. The molecule has 5 nitrogen and oxygen atoms in total. The van der Waals surface area contributed by atoms with Gasteiger partial charge >= 0.3 is 5.51 Å². The topological polar surface area (TPSA) is 76.9 Å². The van der Waals surface area contributed by atoms with Gasteiger partial charge in [0, 0.05) is 6.07 Å². The van der Waals surface area contributed by atoms with Crippen LogP contribution >= 0.6 is 11.6 Å². The molecule has 4 aromatic rings. The Labute approximate surface area is 160 Å². The number of hydrogen-bond donors (Lipinski definition) is 1. The van der Waals surface area contributed by atoms with E-state index in [2.05, 4.69) is 15.6 Å². The second kappa shape index (κ2) is 6.87. The van der Waals surface area contributed by atoms with Crippen molar-refractivity contribution < 1.29 is 35.1 Å². The van der Waals surface area contributed by atoms with E-state index in [0.29, 0.717) is 10.4 Å². The summed E-state index contributed by atoms with van der Waals surface area (Å²) in [6.07, 6.45) is 0. The van der Waals surface area contributed by atoms with Crippen LogP contribution in [0.25, 0.3) is 32.8 Å². The second-order valence-electron chi connectivity index (χ2n) is 5.83. The van der Waals surface area contributed by atoms with Gasteiger partial charge in [-0.05, 0) is 24.3 Å². The lowest BCUT2D eigenvalue weighted by atomic mass is 10.1. The molecular formula is C17H11ClF4N2O3S. The molecule has 0 atom stereocenters. The van der Waals surface area contributed by atoms with Gasteiger partial charge in [0.15, 0.2) is 10.1 Å². The van der Waals surface area contributed by atoms with Gasteiger partial charge in [-0.2, -0.15) is 17.7 Å². The van der Waals surface area contributed by atoms with Crippen molar-refractivity contribution >= 4 is 54.6 Å². The van der Waals surface area contributed by atoms with Crippen LogP contribution in [0, 0.1) is 5.82 Å². The minimum Gasteiger partial charge on any atom is -0.741 e. The molecule has 2 aromatic heterocycles. The molecule has 0 saturated heterocycles. The summed E-state index contributed by atoms with van der Waals surface area (Å²) in [6.45, 7) is 0. The first-order valence-corrected chi connectivity index (χ1v) is 9.40. The number of aromatic nitrogens is 2. The van der Waals surface area contributed by atoms with Crippen molar-refractivity contribution in [3.8, 4) is 0 Å². The van der Waals surface area contributed by atoms with Crippen LogP contribution in [0.2, 0.25) is 5.02 Å². The number of aryl methyl sites for hydroxylation is 1. The monoisotopic (exact) mass is 434 g/mol. The minimum atomic E-state index is -6.09. The van der Waals surface area contributed by atoms with Gasteiger partial charge in [0.1, 0.15) is 18.4 Å². The number of rotatable bonds is 0. The second-order valence-corrected chi connectivity index (χ2v) is 7.58. The summed E-state index contributed by atoms with van der Waals surface area (Å²) in [7, 11) is -4.12. The highest BCUT2D eigenvalue weighted by Gasteiger charge is 2.36. The normalized spacial score (nSPS) is 12.4. The highest BCUT2D eigenvalue weighted by molar-refractivity contribution is 7.86. The molecule has 0 fully saturated rings. The average Bonchev–Trinajstić information content (AvgIpc) is 2.98. The van der Waals surface area contributed by atoms with Crippen LogP contribution in [0.3, 0.4) is 0 Å². The van der Waals surface area contributed by atoms with E-state index in [1.807, 2.05) is 25.2 Å². The number of benzene rings is 2. The summed E-state index contributed by atoms with van der Waals surface area (Å²) in [6, 6.07) is 12.7. The first kappa shape index (κ1) is 20.3. The zero-order valence-electron chi connectivity index (χ0n) is 14.0. The minimum absolute atomic E-state index is 0.283. The number of alkyl halides is 3. The molecule has 0 amide bonds. The molecule has 0 aliphatic heterocycles. The van der Waals surface area contributed by atoms with E-state index in [4.69, 9.17) is 24.6 Å². The lowest BCUT2D eigenvalue weighted by Crippen LogP contribution is -2.30. The quantitative estimate of drug-likeness (QED) is 0.195. The third-order valence-electron chi connectivity index (χ3n) is 4.07. The fraction of sp³-hybridized carbons (Fsp3) is 0.118. The van der Waals surface area contributed by atoms with Gasteiger partial charge in [-0.3, -0.25) is 0 Å². The maximum Gasteiger partial charge on any atom is 0.485 e. The largest absolute Gasteiger partial charge is 0.741 e. The Morgan fingerprint density at radius 2 is 1.71 bits per heavy atom. The molecule has 2 heterocycles. The number of hydrogen-bond acceptors (Lipinski definition) is 3. The summed E-state index contributed by atoms with van der Waals surface area (Å²) < 4.78 is 74.4. The van der Waals surface area contributed by atoms with Gasteiger partial charge in [0.2, 0.25) is 11.0 Å². The van der Waals surface area contributed by atoms with Crippen LogP contribution in [-0.2, 0) is 17.2 Å². The number of nitrogens with zero attached hydrogens (tertiary/aromatic N) is 1. The predicted molar refractivity (Wildman–Crippen MR) is 95.2 cm³/mol. The van der Waals surface area contributed by atoms with Gasteiger partial charge in [-0.25, -0.2) is 12.8 Å². The Bertz CT molecular complexity index is 1320. The lowest BCUT2D eigenvalue weighted by molar-refractivity contribution is -0.616. The number of fused-ring (bicyclic) bond motifs is 4. The van der Waals surface area contributed by atoms with E-state index in [9.17, 15) is 17.6 Å². The molecule has 11 heteroatoms. The molecule has 0 aliphatic rings. The van der Waals surface area contributed by atoms with Gasteiger partial charge in [-0.15, -0.1) is 0 Å². The summed E-state index contributed by atoms with van der Waals surface area (Å²) in [4.78, 5) is 3.32. The highest BCUT2D eigenvalue weighted by atomic mass is 35.5. The van der Waals surface area contributed by atoms with Gasteiger partial charge in [-0.1, -0.05) is 23.7 Å². The van der Waals surface area contributed by atoms with Crippen molar-refractivity contribution in [2.24, 2.45) is 7.05 Å². The summed E-state index contributed by atoms with van der Waals surface area (Å²) in [5.41, 5.74) is -1.84. The van der Waals surface area contributed by atoms with Crippen LogP contribution in [0.4, 0.5) is 17.6 Å². The molecular weight excluding hydrogens is 424 g/mol. The van der Waals surface area contributed by atoms with Crippen molar-refractivity contribution in [3.63, 3.8) is 0 Å². The molecule has 28 heavy (non-hydrogen) atoms. The van der Waals surface area contributed by atoms with E-state index >= 15 is 0 Å². The molecule has 4 rings (SSSR count). The lowest BCUT2D eigenvalue weighted by Gasteiger charge is -2.08. The summed E-state index contributed by atoms with van der Waals surface area (Å²) in [5, 5.41) is 2.38. The number of aromatic amines is 1. The van der Waals surface area contributed by atoms with Crippen molar-refractivity contribution in [1.29, 1.82) is 0 Å². The molecule has 0 unspecified atom stereocenters. The molecule has 0 radical (unpaired) electrons. The number of H-pyrrole nitrogens is 1. The van der Waals surface area contributed by atoms with Crippen LogP contribution in [0.15, 0.2) is 42.5 Å². The molecule has 0 saturated carbocycles. The molecule has 2 aromatic carbocycles. The number of halogens is 5. The van der Waals surface area contributed by atoms with E-state index in [-0.39, 0.29) is 5.82 Å². The van der Waals surface area contributed by atoms with E-state index < -0.39 is 15.6 Å². The highest BCUT2D eigenvalue weighted by Crippen LogP contribution is 2.33. The zero-order valence-corrected chi connectivity index (χ0v) is 15.6. The Morgan fingerprint density at radius 3 is 2.32 bits per heavy atom. The van der Waals surface area contributed by atoms with Crippen LogP contribution in [0.1, 0.15) is 0 Å².